The van der Waals surface area contributed by atoms with Crippen LogP contribution in [0, 0.1) is 0 Å². The Morgan fingerprint density at radius 1 is 0.561 bits per heavy atom. The van der Waals surface area contributed by atoms with Crippen LogP contribution in [0.3, 0.4) is 0 Å². The standard InChI is InChI=1S/C30H30N2O9/c1-20(33)19-21-3-5-22(6-4-21)27(34)40-17-18-41-29(36)24-9-13-26(14-10-24)32-30(37)31-25-11-7-23(8-12-25)28(35)39-16-15-38-2/h3-14H,15-19H2,1-2H3,(H2,31,32,37). The van der Waals surface area contributed by atoms with E-state index in [1.807, 2.05) is 0 Å². The molecule has 0 saturated carbocycles. The first-order valence-corrected chi connectivity index (χ1v) is 12.6. The molecule has 41 heavy (non-hydrogen) atoms. The number of methoxy groups -OCH3 is 1. The largest absolute Gasteiger partial charge is 0.460 e. The van der Waals surface area contributed by atoms with Crippen LogP contribution in [0.1, 0.15) is 43.6 Å². The van der Waals surface area contributed by atoms with Gasteiger partial charge in [-0.3, -0.25) is 4.79 Å². The van der Waals surface area contributed by atoms with Gasteiger partial charge in [0.05, 0.1) is 23.3 Å². The molecule has 3 aromatic carbocycles. The highest BCUT2D eigenvalue weighted by Crippen LogP contribution is 2.14. The highest BCUT2D eigenvalue weighted by atomic mass is 16.6. The molecule has 3 aromatic rings. The van der Waals surface area contributed by atoms with Gasteiger partial charge in [-0.15, -0.1) is 0 Å². The second-order valence-corrected chi connectivity index (χ2v) is 8.71. The molecule has 0 saturated heterocycles. The van der Waals surface area contributed by atoms with E-state index in [2.05, 4.69) is 10.6 Å². The lowest BCUT2D eigenvalue weighted by Gasteiger charge is -2.10. The number of hydrogen-bond acceptors (Lipinski definition) is 9. The van der Waals surface area contributed by atoms with Gasteiger partial charge in [-0.2, -0.15) is 0 Å². The number of carbonyl (C=O) groups is 5. The number of carbonyl (C=O) groups excluding carboxylic acids is 5. The van der Waals surface area contributed by atoms with Crippen LogP contribution in [0.2, 0.25) is 0 Å². The van der Waals surface area contributed by atoms with E-state index in [1.54, 1.807) is 36.4 Å². The van der Waals surface area contributed by atoms with E-state index in [9.17, 15) is 24.0 Å². The summed E-state index contributed by atoms with van der Waals surface area (Å²) in [6.07, 6.45) is 0.293. The molecule has 2 N–H and O–H groups in total. The van der Waals surface area contributed by atoms with E-state index < -0.39 is 23.9 Å². The SMILES string of the molecule is COCCOC(=O)c1ccc(NC(=O)Nc2ccc(C(=O)OCCOC(=O)c3ccc(CC(C)=O)cc3)cc2)cc1. The van der Waals surface area contributed by atoms with Gasteiger partial charge in [-0.05, 0) is 73.2 Å². The summed E-state index contributed by atoms with van der Waals surface area (Å²) < 4.78 is 20.1. The average Bonchev–Trinajstić information content (AvgIpc) is 2.96. The predicted octanol–water partition coefficient (Wildman–Crippen LogP) is 4.28. The second-order valence-electron chi connectivity index (χ2n) is 8.71. The molecule has 214 valence electrons. The number of rotatable bonds is 13. The number of hydrogen-bond donors (Lipinski definition) is 2. The summed E-state index contributed by atoms with van der Waals surface area (Å²) in [5.74, 6) is -1.66. The molecule has 0 bridgehead atoms. The third kappa shape index (κ3) is 10.2. The number of esters is 3. The summed E-state index contributed by atoms with van der Waals surface area (Å²) in [5, 5.41) is 5.28. The Morgan fingerprint density at radius 3 is 1.29 bits per heavy atom. The van der Waals surface area contributed by atoms with Gasteiger partial charge in [0.2, 0.25) is 0 Å². The molecular weight excluding hydrogens is 532 g/mol. The first-order chi connectivity index (χ1) is 19.7. The highest BCUT2D eigenvalue weighted by Gasteiger charge is 2.12. The van der Waals surface area contributed by atoms with E-state index in [0.29, 0.717) is 35.5 Å². The van der Waals surface area contributed by atoms with E-state index >= 15 is 0 Å². The predicted molar refractivity (Wildman–Crippen MR) is 149 cm³/mol. The van der Waals surface area contributed by atoms with Crippen LogP contribution in [-0.2, 0) is 30.2 Å². The highest BCUT2D eigenvalue weighted by molar-refractivity contribution is 6.00. The number of amides is 2. The number of nitrogens with one attached hydrogen (secondary N) is 2. The zero-order valence-corrected chi connectivity index (χ0v) is 22.6. The Morgan fingerprint density at radius 2 is 0.927 bits per heavy atom. The number of ketones is 1. The van der Waals surface area contributed by atoms with Crippen molar-refractivity contribution in [3.8, 4) is 0 Å². The maximum atomic E-state index is 12.3. The molecule has 3 rings (SSSR count). The first-order valence-electron chi connectivity index (χ1n) is 12.6. The summed E-state index contributed by atoms with van der Waals surface area (Å²) in [5.41, 5.74) is 2.60. The molecule has 0 aliphatic heterocycles. The fourth-order valence-corrected chi connectivity index (χ4v) is 3.46. The molecule has 0 heterocycles. The second kappa shape index (κ2) is 15.5. The molecule has 0 unspecified atom stereocenters. The minimum absolute atomic E-state index is 0.0254. The first kappa shape index (κ1) is 30.5. The number of Topliss-reactive ketones (excluding diaryl/α,β-unsaturated/α-hetero) is 1. The van der Waals surface area contributed by atoms with Crippen molar-refractivity contribution in [2.24, 2.45) is 0 Å². The van der Waals surface area contributed by atoms with E-state index in [0.717, 1.165) is 5.56 Å². The van der Waals surface area contributed by atoms with Gasteiger partial charge in [-0.25, -0.2) is 19.2 Å². The molecule has 0 aliphatic rings. The molecule has 11 nitrogen and oxygen atoms in total. The van der Waals surface area contributed by atoms with Crippen molar-refractivity contribution in [1.29, 1.82) is 0 Å². The van der Waals surface area contributed by atoms with Crippen LogP contribution in [0.15, 0.2) is 72.8 Å². The lowest BCUT2D eigenvalue weighted by molar-refractivity contribution is -0.116. The Kier molecular flexibility index (Phi) is 11.6. The van der Waals surface area contributed by atoms with Crippen LogP contribution in [0.5, 0.6) is 0 Å². The number of ether oxygens (including phenoxy) is 4. The molecule has 0 atom stereocenters. The third-order valence-corrected chi connectivity index (χ3v) is 5.47. The van der Waals surface area contributed by atoms with E-state index in [-0.39, 0.29) is 31.2 Å². The van der Waals surface area contributed by atoms with Gasteiger partial charge in [-0.1, -0.05) is 12.1 Å². The zero-order chi connectivity index (χ0) is 29.6. The summed E-state index contributed by atoms with van der Waals surface area (Å²) in [6.45, 7) is 1.66. The normalized spacial score (nSPS) is 10.3. The van der Waals surface area contributed by atoms with Crippen LogP contribution in [0.4, 0.5) is 16.2 Å². The quantitative estimate of drug-likeness (QED) is 0.177. The van der Waals surface area contributed by atoms with E-state index in [4.69, 9.17) is 18.9 Å². The Bertz CT molecular complexity index is 1350. The van der Waals surface area contributed by atoms with Gasteiger partial charge < -0.3 is 29.6 Å². The van der Waals surface area contributed by atoms with Gasteiger partial charge in [0.15, 0.2) is 0 Å². The summed E-state index contributed by atoms with van der Waals surface area (Å²) in [7, 11) is 1.51. The average molecular weight is 563 g/mol. The topological polar surface area (TPSA) is 146 Å². The van der Waals surface area contributed by atoms with E-state index in [1.165, 1.54) is 50.4 Å². The van der Waals surface area contributed by atoms with Gasteiger partial charge in [0, 0.05) is 24.9 Å². The van der Waals surface area contributed by atoms with Crippen molar-refractivity contribution >= 4 is 41.1 Å². The maximum Gasteiger partial charge on any atom is 0.338 e. The number of anilines is 2. The summed E-state index contributed by atoms with van der Waals surface area (Å²) in [4.78, 5) is 59.8. The van der Waals surface area contributed by atoms with Gasteiger partial charge in [0.1, 0.15) is 25.6 Å². The van der Waals surface area contributed by atoms with Crippen LogP contribution in [0.25, 0.3) is 0 Å². The smallest absolute Gasteiger partial charge is 0.338 e. The third-order valence-electron chi connectivity index (χ3n) is 5.47. The molecule has 11 heteroatoms. The van der Waals surface area contributed by atoms with Crippen LogP contribution in [-0.4, -0.2) is 63.3 Å². The Labute approximate surface area is 236 Å². The lowest BCUT2D eigenvalue weighted by Crippen LogP contribution is -2.19. The number of urea groups is 1. The van der Waals surface area contributed by atoms with Crippen molar-refractivity contribution in [1.82, 2.24) is 0 Å². The van der Waals surface area contributed by atoms with Gasteiger partial charge >= 0.3 is 23.9 Å². The maximum absolute atomic E-state index is 12.3. The van der Waals surface area contributed by atoms with Crippen molar-refractivity contribution in [3.05, 3.63) is 95.1 Å². The van der Waals surface area contributed by atoms with Crippen LogP contribution >= 0.6 is 0 Å². The van der Waals surface area contributed by atoms with Crippen molar-refractivity contribution in [3.63, 3.8) is 0 Å². The molecule has 0 radical (unpaired) electrons. The lowest BCUT2D eigenvalue weighted by atomic mass is 10.1. The van der Waals surface area contributed by atoms with Crippen molar-refractivity contribution in [2.45, 2.75) is 13.3 Å². The number of benzene rings is 3. The molecular formula is C30H30N2O9. The van der Waals surface area contributed by atoms with Crippen molar-refractivity contribution < 1.29 is 42.9 Å². The minimum atomic E-state index is -0.619. The van der Waals surface area contributed by atoms with Crippen molar-refractivity contribution in [2.75, 3.05) is 44.2 Å². The molecule has 2 amide bonds. The Balaban J connectivity index is 1.38. The van der Waals surface area contributed by atoms with Crippen LogP contribution < -0.4 is 10.6 Å². The summed E-state index contributed by atoms with van der Waals surface area (Å²) in [6, 6.07) is 18.2. The monoisotopic (exact) mass is 562 g/mol. The minimum Gasteiger partial charge on any atom is -0.460 e. The fourth-order valence-electron chi connectivity index (χ4n) is 3.46. The van der Waals surface area contributed by atoms with Gasteiger partial charge in [0.25, 0.3) is 0 Å². The molecule has 0 aliphatic carbocycles. The fraction of sp³-hybridized carbons (Fsp3) is 0.233. The Hall–Kier alpha value is -5.03. The molecule has 0 fully saturated rings. The zero-order valence-electron chi connectivity index (χ0n) is 22.6. The summed E-state index contributed by atoms with van der Waals surface area (Å²) >= 11 is 0. The molecule has 0 spiro atoms. The molecule has 0 aromatic heterocycles.